The van der Waals surface area contributed by atoms with E-state index in [1.54, 1.807) is 36.9 Å². The highest BCUT2D eigenvalue weighted by Crippen LogP contribution is 2.34. The minimum absolute atomic E-state index is 0.156. The van der Waals surface area contributed by atoms with Crippen LogP contribution in [0.2, 0.25) is 0 Å². The summed E-state index contributed by atoms with van der Waals surface area (Å²) < 4.78 is 11.0. The third kappa shape index (κ3) is 3.22. The Labute approximate surface area is 119 Å². The molecule has 1 aliphatic heterocycles. The topological polar surface area (TPSA) is 59.0 Å². The maximum absolute atomic E-state index is 12.6. The van der Waals surface area contributed by atoms with Gasteiger partial charge in [0.2, 0.25) is 0 Å². The first-order chi connectivity index (χ1) is 9.42. The quantitative estimate of drug-likeness (QED) is 0.911. The van der Waals surface area contributed by atoms with Gasteiger partial charge in [0.15, 0.2) is 11.5 Å². The van der Waals surface area contributed by atoms with E-state index in [-0.39, 0.29) is 12.5 Å². The predicted molar refractivity (Wildman–Crippen MR) is 75.3 cm³/mol. The Balaban J connectivity index is 2.28. The number of nitrogens with zero attached hydrogens (tertiary/aromatic N) is 1. The van der Waals surface area contributed by atoms with Gasteiger partial charge in [-0.3, -0.25) is 4.79 Å². The van der Waals surface area contributed by atoms with E-state index in [2.05, 4.69) is 0 Å². The minimum Gasteiger partial charge on any atom is -0.486 e. The number of rotatable bonds is 4. The maximum atomic E-state index is 12.6. The zero-order valence-corrected chi connectivity index (χ0v) is 12.2. The van der Waals surface area contributed by atoms with E-state index in [0.29, 0.717) is 36.8 Å². The molecule has 5 heteroatoms. The molecule has 0 bridgehead atoms. The van der Waals surface area contributed by atoms with Crippen LogP contribution in [0.1, 0.15) is 31.1 Å². The SMILES string of the molecule is CCN(CC(C)(C)O)C(=O)c1cccc2c1OCCO2. The summed E-state index contributed by atoms with van der Waals surface area (Å²) in [7, 11) is 0. The lowest BCUT2D eigenvalue weighted by atomic mass is 10.1. The summed E-state index contributed by atoms with van der Waals surface area (Å²) >= 11 is 0. The number of benzene rings is 1. The molecular formula is C15H21NO4. The van der Waals surface area contributed by atoms with Gasteiger partial charge in [0.25, 0.3) is 5.91 Å². The molecule has 0 spiro atoms. The number of aliphatic hydroxyl groups is 1. The van der Waals surface area contributed by atoms with Crippen LogP contribution in [0.4, 0.5) is 0 Å². The molecule has 1 aromatic carbocycles. The number of carbonyl (C=O) groups is 1. The zero-order chi connectivity index (χ0) is 14.8. The van der Waals surface area contributed by atoms with E-state index in [1.807, 2.05) is 6.92 Å². The second kappa shape index (κ2) is 5.71. The van der Waals surface area contributed by atoms with Crippen LogP contribution in [-0.4, -0.2) is 47.8 Å². The fourth-order valence-electron chi connectivity index (χ4n) is 2.21. The zero-order valence-electron chi connectivity index (χ0n) is 12.2. The Morgan fingerprint density at radius 1 is 1.35 bits per heavy atom. The van der Waals surface area contributed by atoms with Crippen LogP contribution in [0.5, 0.6) is 11.5 Å². The van der Waals surface area contributed by atoms with Crippen molar-refractivity contribution in [3.05, 3.63) is 23.8 Å². The minimum atomic E-state index is -0.933. The molecule has 0 fully saturated rings. The van der Waals surface area contributed by atoms with E-state index < -0.39 is 5.60 Å². The van der Waals surface area contributed by atoms with Crippen LogP contribution < -0.4 is 9.47 Å². The molecule has 0 unspecified atom stereocenters. The standard InChI is InChI=1S/C15H21NO4/c1-4-16(10-15(2,3)18)14(17)11-6-5-7-12-13(11)20-9-8-19-12/h5-7,18H,4,8-10H2,1-3H3. The van der Waals surface area contributed by atoms with Gasteiger partial charge in [-0.05, 0) is 32.9 Å². The molecule has 0 saturated carbocycles. The van der Waals surface area contributed by atoms with Crippen molar-refractivity contribution in [2.75, 3.05) is 26.3 Å². The average Bonchev–Trinajstić information content (AvgIpc) is 2.42. The first-order valence-electron chi connectivity index (χ1n) is 6.82. The largest absolute Gasteiger partial charge is 0.486 e. The third-order valence-corrected chi connectivity index (χ3v) is 3.04. The van der Waals surface area contributed by atoms with Crippen molar-refractivity contribution >= 4 is 5.91 Å². The summed E-state index contributed by atoms with van der Waals surface area (Å²) in [6, 6.07) is 5.29. The Hall–Kier alpha value is -1.75. The molecule has 0 aromatic heterocycles. The molecule has 0 saturated heterocycles. The molecule has 5 nitrogen and oxygen atoms in total. The highest BCUT2D eigenvalue weighted by atomic mass is 16.6. The first-order valence-corrected chi connectivity index (χ1v) is 6.82. The maximum Gasteiger partial charge on any atom is 0.257 e. The summed E-state index contributed by atoms with van der Waals surface area (Å²) in [6.07, 6.45) is 0. The van der Waals surface area contributed by atoms with E-state index in [4.69, 9.17) is 9.47 Å². The number of hydrogen-bond donors (Lipinski definition) is 1. The lowest BCUT2D eigenvalue weighted by Crippen LogP contribution is -2.42. The molecular weight excluding hydrogens is 258 g/mol. The van der Waals surface area contributed by atoms with Gasteiger partial charge in [0.1, 0.15) is 13.2 Å². The van der Waals surface area contributed by atoms with Crippen molar-refractivity contribution in [2.45, 2.75) is 26.4 Å². The molecule has 1 amide bonds. The van der Waals surface area contributed by atoms with Crippen LogP contribution in [0.15, 0.2) is 18.2 Å². The average molecular weight is 279 g/mol. The number of ether oxygens (including phenoxy) is 2. The smallest absolute Gasteiger partial charge is 0.257 e. The second-order valence-electron chi connectivity index (χ2n) is 5.46. The van der Waals surface area contributed by atoms with Crippen molar-refractivity contribution in [3.63, 3.8) is 0 Å². The number of hydrogen-bond acceptors (Lipinski definition) is 4. The Kier molecular flexibility index (Phi) is 4.18. The Morgan fingerprint density at radius 2 is 2.05 bits per heavy atom. The fourth-order valence-corrected chi connectivity index (χ4v) is 2.21. The highest BCUT2D eigenvalue weighted by Gasteiger charge is 2.26. The molecule has 1 heterocycles. The van der Waals surface area contributed by atoms with E-state index in [9.17, 15) is 9.90 Å². The number of fused-ring (bicyclic) bond motifs is 1. The van der Waals surface area contributed by atoms with Gasteiger partial charge in [-0.15, -0.1) is 0 Å². The molecule has 0 atom stereocenters. The normalized spacial score (nSPS) is 14.0. The Bertz CT molecular complexity index is 493. The molecule has 110 valence electrons. The molecule has 1 aliphatic rings. The fraction of sp³-hybridized carbons (Fsp3) is 0.533. The van der Waals surface area contributed by atoms with Crippen LogP contribution >= 0.6 is 0 Å². The van der Waals surface area contributed by atoms with Crippen molar-refractivity contribution < 1.29 is 19.4 Å². The van der Waals surface area contributed by atoms with Crippen LogP contribution in [0.25, 0.3) is 0 Å². The van der Waals surface area contributed by atoms with E-state index in [1.165, 1.54) is 0 Å². The monoisotopic (exact) mass is 279 g/mol. The van der Waals surface area contributed by atoms with Gasteiger partial charge in [-0.25, -0.2) is 0 Å². The number of likely N-dealkylation sites (N-methyl/N-ethyl adjacent to an activating group) is 1. The molecule has 0 radical (unpaired) electrons. The first kappa shape index (κ1) is 14.7. The number of para-hydroxylation sites is 1. The van der Waals surface area contributed by atoms with Crippen LogP contribution in [0, 0.1) is 0 Å². The highest BCUT2D eigenvalue weighted by molar-refractivity contribution is 5.98. The van der Waals surface area contributed by atoms with Gasteiger partial charge in [0.05, 0.1) is 11.2 Å². The molecule has 0 aliphatic carbocycles. The molecule has 1 aromatic rings. The van der Waals surface area contributed by atoms with Crippen LogP contribution in [-0.2, 0) is 0 Å². The van der Waals surface area contributed by atoms with Gasteiger partial charge in [0, 0.05) is 13.1 Å². The number of carbonyl (C=O) groups excluding carboxylic acids is 1. The molecule has 20 heavy (non-hydrogen) atoms. The van der Waals surface area contributed by atoms with Crippen molar-refractivity contribution in [1.82, 2.24) is 4.90 Å². The van der Waals surface area contributed by atoms with E-state index >= 15 is 0 Å². The summed E-state index contributed by atoms with van der Waals surface area (Å²) in [4.78, 5) is 14.2. The molecule has 1 N–H and O–H groups in total. The molecule has 2 rings (SSSR count). The van der Waals surface area contributed by atoms with Gasteiger partial charge < -0.3 is 19.5 Å². The van der Waals surface area contributed by atoms with Gasteiger partial charge >= 0.3 is 0 Å². The van der Waals surface area contributed by atoms with Crippen LogP contribution in [0.3, 0.4) is 0 Å². The third-order valence-electron chi connectivity index (χ3n) is 3.04. The van der Waals surface area contributed by atoms with Crippen molar-refractivity contribution in [1.29, 1.82) is 0 Å². The summed E-state index contributed by atoms with van der Waals surface area (Å²) in [5.74, 6) is 0.941. The van der Waals surface area contributed by atoms with Crippen molar-refractivity contribution in [3.8, 4) is 11.5 Å². The summed E-state index contributed by atoms with van der Waals surface area (Å²) in [5, 5.41) is 9.90. The number of amides is 1. The van der Waals surface area contributed by atoms with Gasteiger partial charge in [-0.1, -0.05) is 6.07 Å². The lowest BCUT2D eigenvalue weighted by molar-refractivity contribution is 0.0310. The lowest BCUT2D eigenvalue weighted by Gasteiger charge is -2.29. The predicted octanol–water partition coefficient (Wildman–Crippen LogP) is 1.69. The second-order valence-corrected chi connectivity index (χ2v) is 5.46. The Morgan fingerprint density at radius 3 is 2.70 bits per heavy atom. The van der Waals surface area contributed by atoms with Crippen molar-refractivity contribution in [2.24, 2.45) is 0 Å². The summed E-state index contributed by atoms with van der Waals surface area (Å²) in [5.41, 5.74) is -0.453. The van der Waals surface area contributed by atoms with Gasteiger partial charge in [-0.2, -0.15) is 0 Å². The van der Waals surface area contributed by atoms with E-state index in [0.717, 1.165) is 0 Å². The summed E-state index contributed by atoms with van der Waals surface area (Å²) in [6.45, 7) is 6.98.